The van der Waals surface area contributed by atoms with Gasteiger partial charge in [0.1, 0.15) is 0 Å². The standard InChI is InChI=1S/C5H12O2.H3O3PS/c1-5(2,7)3-4-6;1-4(2,3)5/h6-7H,3-4H2,1-2H3;(H3,1,2,3,5). The highest BCUT2D eigenvalue weighted by Crippen LogP contribution is 2.26. The number of aliphatic hydroxyl groups excluding tert-OH is 1. The van der Waals surface area contributed by atoms with Crippen molar-refractivity contribution in [1.82, 2.24) is 0 Å². The van der Waals surface area contributed by atoms with Gasteiger partial charge in [0.2, 0.25) is 0 Å². The Labute approximate surface area is 76.6 Å². The number of rotatable bonds is 2. The maximum Gasteiger partial charge on any atom is 0.319 e. The van der Waals surface area contributed by atoms with Gasteiger partial charge in [0.25, 0.3) is 0 Å². The van der Waals surface area contributed by atoms with Gasteiger partial charge in [-0.2, -0.15) is 0 Å². The minimum absolute atomic E-state index is 0.0590. The normalized spacial score (nSPS) is 11.9. The minimum Gasteiger partial charge on any atom is -0.396 e. The molecule has 0 saturated heterocycles. The number of aliphatic hydroxyl groups is 2. The van der Waals surface area contributed by atoms with Crippen molar-refractivity contribution in [2.24, 2.45) is 0 Å². The van der Waals surface area contributed by atoms with E-state index in [2.05, 4.69) is 11.8 Å². The monoisotopic (exact) mass is 218 g/mol. The van der Waals surface area contributed by atoms with Crippen LogP contribution in [0.4, 0.5) is 0 Å². The smallest absolute Gasteiger partial charge is 0.319 e. The summed E-state index contributed by atoms with van der Waals surface area (Å²) in [6.07, 6.45) is 0.451. The molecule has 7 heteroatoms. The van der Waals surface area contributed by atoms with Crippen molar-refractivity contribution in [3.05, 3.63) is 0 Å². The van der Waals surface area contributed by atoms with Crippen molar-refractivity contribution in [2.45, 2.75) is 25.9 Å². The number of hydrogen-bond acceptors (Lipinski definition) is 3. The van der Waals surface area contributed by atoms with Crippen LogP contribution in [0.1, 0.15) is 20.3 Å². The summed E-state index contributed by atoms with van der Waals surface area (Å²) in [4.78, 5) is 22.7. The van der Waals surface area contributed by atoms with Crippen LogP contribution in [0.25, 0.3) is 0 Å². The summed E-state index contributed by atoms with van der Waals surface area (Å²) in [7, 11) is 0. The van der Waals surface area contributed by atoms with Gasteiger partial charge in [0, 0.05) is 6.61 Å². The molecule has 0 fully saturated rings. The van der Waals surface area contributed by atoms with Gasteiger partial charge in [-0.25, -0.2) is 0 Å². The van der Waals surface area contributed by atoms with E-state index in [1.807, 2.05) is 0 Å². The zero-order chi connectivity index (χ0) is 10.4. The Hall–Kier alpha value is 0.450. The van der Waals surface area contributed by atoms with E-state index >= 15 is 0 Å². The molecule has 0 bridgehead atoms. The molecule has 0 radical (unpaired) electrons. The molecule has 76 valence electrons. The molecule has 12 heavy (non-hydrogen) atoms. The molecule has 0 rings (SSSR count). The fraction of sp³-hybridized carbons (Fsp3) is 1.00. The van der Waals surface area contributed by atoms with Gasteiger partial charge in [-0.05, 0) is 32.1 Å². The molecule has 0 atom stereocenters. The van der Waals surface area contributed by atoms with Gasteiger partial charge in [0.15, 0.2) is 0 Å². The third-order valence-electron chi connectivity index (χ3n) is 0.724. The van der Waals surface area contributed by atoms with Crippen molar-refractivity contribution >= 4 is 18.5 Å². The van der Waals surface area contributed by atoms with Gasteiger partial charge >= 0.3 is 6.72 Å². The summed E-state index contributed by atoms with van der Waals surface area (Å²) < 4.78 is 0. The van der Waals surface area contributed by atoms with Gasteiger partial charge in [-0.3, -0.25) is 0 Å². The van der Waals surface area contributed by atoms with E-state index < -0.39 is 12.3 Å². The molecule has 5 N–H and O–H groups in total. The van der Waals surface area contributed by atoms with Crippen LogP contribution < -0.4 is 0 Å². The molecular formula is C5H15O5PS. The Morgan fingerprint density at radius 2 is 1.50 bits per heavy atom. The van der Waals surface area contributed by atoms with Crippen LogP contribution in [0.3, 0.4) is 0 Å². The Balaban J connectivity index is 0. The van der Waals surface area contributed by atoms with Crippen molar-refractivity contribution in [1.29, 1.82) is 0 Å². The van der Waals surface area contributed by atoms with Crippen molar-refractivity contribution in [2.75, 3.05) is 6.61 Å². The highest BCUT2D eigenvalue weighted by atomic mass is 32.5. The molecule has 0 aliphatic heterocycles. The first-order valence-electron chi connectivity index (χ1n) is 3.18. The molecule has 0 aliphatic rings. The Bertz CT molecular complexity index is 140. The summed E-state index contributed by atoms with van der Waals surface area (Å²) in [5, 5.41) is 17.1. The van der Waals surface area contributed by atoms with Gasteiger partial charge in [0.05, 0.1) is 5.60 Å². The summed E-state index contributed by atoms with van der Waals surface area (Å²) in [5.74, 6) is 0. The van der Waals surface area contributed by atoms with Crippen molar-refractivity contribution < 1.29 is 24.9 Å². The Kier molecular flexibility index (Phi) is 7.46. The van der Waals surface area contributed by atoms with Crippen LogP contribution in [0.15, 0.2) is 0 Å². The van der Waals surface area contributed by atoms with Crippen LogP contribution in [0.5, 0.6) is 0 Å². The third-order valence-corrected chi connectivity index (χ3v) is 0.724. The fourth-order valence-electron chi connectivity index (χ4n) is 0.274. The summed E-state index contributed by atoms with van der Waals surface area (Å²) >= 11 is 3.60. The third kappa shape index (κ3) is 47.1. The second kappa shape index (κ2) is 5.99. The van der Waals surface area contributed by atoms with Crippen LogP contribution in [0.2, 0.25) is 0 Å². The molecule has 0 unspecified atom stereocenters. The Morgan fingerprint density at radius 1 is 1.25 bits per heavy atom. The van der Waals surface area contributed by atoms with Gasteiger partial charge in [-0.15, -0.1) is 0 Å². The van der Waals surface area contributed by atoms with E-state index in [1.165, 1.54) is 0 Å². The quantitative estimate of drug-likeness (QED) is 0.394. The lowest BCUT2D eigenvalue weighted by Crippen LogP contribution is -2.19. The molecule has 0 amide bonds. The second-order valence-corrected chi connectivity index (χ2v) is 5.30. The van der Waals surface area contributed by atoms with E-state index in [4.69, 9.17) is 24.9 Å². The van der Waals surface area contributed by atoms with E-state index in [0.29, 0.717) is 6.42 Å². The van der Waals surface area contributed by atoms with Gasteiger partial charge in [-0.1, -0.05) is 0 Å². The molecule has 0 spiro atoms. The average molecular weight is 218 g/mol. The maximum absolute atomic E-state index is 8.86. The second-order valence-electron chi connectivity index (χ2n) is 2.80. The zero-order valence-electron chi connectivity index (χ0n) is 7.01. The highest BCUT2D eigenvalue weighted by Gasteiger charge is 2.09. The first-order valence-corrected chi connectivity index (χ1v) is 5.84. The average Bonchev–Trinajstić information content (AvgIpc) is 1.54. The lowest BCUT2D eigenvalue weighted by molar-refractivity contribution is 0.0515. The topological polar surface area (TPSA) is 101 Å². The van der Waals surface area contributed by atoms with E-state index in [0.717, 1.165) is 0 Å². The van der Waals surface area contributed by atoms with Gasteiger partial charge < -0.3 is 24.9 Å². The molecule has 0 aromatic heterocycles. The van der Waals surface area contributed by atoms with E-state index in [1.54, 1.807) is 13.8 Å². The SMILES string of the molecule is CC(C)(O)CCO.OP(O)(O)=S. The van der Waals surface area contributed by atoms with Crippen LogP contribution in [0, 0.1) is 0 Å². The van der Waals surface area contributed by atoms with Crippen molar-refractivity contribution in [3.63, 3.8) is 0 Å². The molecule has 5 nitrogen and oxygen atoms in total. The largest absolute Gasteiger partial charge is 0.396 e. The molecule has 0 aliphatic carbocycles. The predicted molar refractivity (Wildman–Crippen MR) is 48.9 cm³/mol. The molecule has 0 heterocycles. The maximum atomic E-state index is 8.86. The van der Waals surface area contributed by atoms with Crippen LogP contribution in [-0.2, 0) is 11.8 Å². The lowest BCUT2D eigenvalue weighted by atomic mass is 10.1. The first-order chi connectivity index (χ1) is 5.06. The predicted octanol–water partition coefficient (Wildman–Crippen LogP) is -0.672. The van der Waals surface area contributed by atoms with Crippen LogP contribution in [-0.4, -0.2) is 37.1 Å². The summed E-state index contributed by atoms with van der Waals surface area (Å²) in [6.45, 7) is -0.407. The first kappa shape index (κ1) is 14.9. The summed E-state index contributed by atoms with van der Waals surface area (Å²) in [5.41, 5.74) is -0.700. The van der Waals surface area contributed by atoms with Crippen molar-refractivity contribution in [3.8, 4) is 0 Å². The minimum atomic E-state index is -3.81. The highest BCUT2D eigenvalue weighted by molar-refractivity contribution is 8.06. The number of hydrogen-bond donors (Lipinski definition) is 5. The molecule has 0 aromatic carbocycles. The molecule has 0 saturated carbocycles. The van der Waals surface area contributed by atoms with E-state index in [-0.39, 0.29) is 6.61 Å². The summed E-state index contributed by atoms with van der Waals surface area (Å²) in [6, 6.07) is 0. The Morgan fingerprint density at radius 3 is 1.50 bits per heavy atom. The fourth-order valence-corrected chi connectivity index (χ4v) is 0.274. The molecular weight excluding hydrogens is 203 g/mol. The van der Waals surface area contributed by atoms with Crippen LogP contribution >= 0.6 is 6.72 Å². The molecule has 0 aromatic rings. The van der Waals surface area contributed by atoms with E-state index in [9.17, 15) is 0 Å². The lowest BCUT2D eigenvalue weighted by Gasteiger charge is -2.13. The zero-order valence-corrected chi connectivity index (χ0v) is 8.72.